The number of carbonyl (C=O) groups excluding carboxylic acids is 1. The number of benzene rings is 1. The quantitative estimate of drug-likeness (QED) is 0.287. The zero-order valence-electron chi connectivity index (χ0n) is 14.9. The van der Waals surface area contributed by atoms with Crippen LogP contribution in [-0.2, 0) is 16.8 Å². The molecule has 0 atom stereocenters. The highest BCUT2D eigenvalue weighted by Gasteiger charge is 2.53. The monoisotopic (exact) mass is 515 g/mol. The van der Waals surface area contributed by atoms with E-state index in [1.807, 2.05) is 12.1 Å². The van der Waals surface area contributed by atoms with Crippen LogP contribution in [0.2, 0.25) is 0 Å². The largest absolute Gasteiger partial charge is 0.400 e. The summed E-state index contributed by atoms with van der Waals surface area (Å²) in [5.74, 6) is -0.424. The molecule has 0 aliphatic rings. The molecule has 7 nitrogen and oxygen atoms in total. The number of amides is 1. The number of aromatic amines is 1. The average Bonchev–Trinajstić information content (AvgIpc) is 3.29. The van der Waals surface area contributed by atoms with E-state index in [4.69, 9.17) is 9.79 Å². The van der Waals surface area contributed by atoms with Crippen LogP contribution in [0.15, 0.2) is 47.2 Å². The highest BCUT2D eigenvalue weighted by atomic mass is 79.9. The maximum Gasteiger partial charge on any atom is 0.400 e. The van der Waals surface area contributed by atoms with Crippen LogP contribution in [-0.4, -0.2) is 25.7 Å². The molecule has 4 N–H and O–H groups in total. The van der Waals surface area contributed by atoms with Crippen molar-refractivity contribution in [3.05, 3.63) is 63.2 Å². The molecular weight excluding hydrogens is 503 g/mol. The van der Waals surface area contributed by atoms with E-state index < -0.39 is 24.0 Å². The SMILES string of the molecule is O=C(NCc1cnc2[nH]ccc2c1)c1ccc2sc(C(F)(F)P(=O)(O)O)c(Br)c2c1. The number of carbonyl (C=O) groups is 1. The van der Waals surface area contributed by atoms with Gasteiger partial charge in [0, 0.05) is 44.4 Å². The van der Waals surface area contributed by atoms with Gasteiger partial charge in [-0.15, -0.1) is 11.3 Å². The molecule has 0 spiro atoms. The van der Waals surface area contributed by atoms with Gasteiger partial charge in [-0.1, -0.05) is 0 Å². The summed E-state index contributed by atoms with van der Waals surface area (Å²) < 4.78 is 39.7. The number of pyridine rings is 1. The molecule has 3 aromatic heterocycles. The summed E-state index contributed by atoms with van der Waals surface area (Å²) in [6.45, 7) is 0.220. The van der Waals surface area contributed by atoms with Crippen molar-refractivity contribution in [3.8, 4) is 0 Å². The molecule has 0 radical (unpaired) electrons. The maximum absolute atomic E-state index is 14.1. The van der Waals surface area contributed by atoms with Crippen molar-refractivity contribution in [2.24, 2.45) is 0 Å². The fraction of sp³-hybridized carbons (Fsp3) is 0.111. The van der Waals surface area contributed by atoms with Crippen LogP contribution in [0.3, 0.4) is 0 Å². The molecule has 0 aliphatic heterocycles. The zero-order chi connectivity index (χ0) is 21.7. The van der Waals surface area contributed by atoms with E-state index in [-0.39, 0.29) is 22.0 Å². The summed E-state index contributed by atoms with van der Waals surface area (Å²) in [5.41, 5.74) is -2.58. The van der Waals surface area contributed by atoms with Crippen LogP contribution in [0, 0.1) is 0 Å². The number of halogens is 3. The van der Waals surface area contributed by atoms with Gasteiger partial charge >= 0.3 is 13.3 Å². The molecule has 0 unspecified atom stereocenters. The van der Waals surface area contributed by atoms with E-state index in [0.717, 1.165) is 16.6 Å². The maximum atomic E-state index is 14.1. The highest BCUT2D eigenvalue weighted by molar-refractivity contribution is 9.10. The third-order valence-corrected chi connectivity index (χ3v) is 7.87. The van der Waals surface area contributed by atoms with Gasteiger partial charge in [0.15, 0.2) is 0 Å². The van der Waals surface area contributed by atoms with Crippen LogP contribution in [0.4, 0.5) is 8.78 Å². The molecule has 0 aliphatic carbocycles. The van der Waals surface area contributed by atoms with Gasteiger partial charge in [0.2, 0.25) is 0 Å². The second-order valence-electron chi connectivity index (χ2n) is 6.48. The molecule has 12 heteroatoms. The predicted molar refractivity (Wildman–Crippen MR) is 113 cm³/mol. The molecule has 0 saturated heterocycles. The summed E-state index contributed by atoms with van der Waals surface area (Å²) in [6.07, 6.45) is 3.40. The standard InChI is InChI=1S/C18H13BrF2N3O4PS/c19-14-12-6-11(1-2-13(12)30-15(14)18(20,21)29(26,27)28)17(25)24-8-9-5-10-3-4-22-16(10)23-7-9/h1-7H,8H2,(H,22,23)(H,24,25)(H2,26,27,28). The van der Waals surface area contributed by atoms with Crippen molar-refractivity contribution >= 4 is 61.9 Å². The van der Waals surface area contributed by atoms with Crippen molar-refractivity contribution in [2.45, 2.75) is 12.2 Å². The first-order valence-electron chi connectivity index (χ1n) is 8.44. The number of hydrogen-bond donors (Lipinski definition) is 4. The summed E-state index contributed by atoms with van der Waals surface area (Å²) >= 11 is 3.56. The van der Waals surface area contributed by atoms with Crippen LogP contribution in [0.25, 0.3) is 21.1 Å². The summed E-state index contributed by atoms with van der Waals surface area (Å²) in [5, 5.41) is 3.92. The van der Waals surface area contributed by atoms with Crippen molar-refractivity contribution < 1.29 is 27.9 Å². The second-order valence-corrected chi connectivity index (χ2v) is 9.98. The normalized spacial score (nSPS) is 12.6. The Hall–Kier alpha value is -2.17. The Morgan fingerprint density at radius 3 is 2.80 bits per heavy atom. The Bertz CT molecular complexity index is 1330. The van der Waals surface area contributed by atoms with Crippen LogP contribution < -0.4 is 5.32 Å². The third-order valence-electron chi connectivity index (χ3n) is 4.44. The number of H-pyrrole nitrogens is 1. The first-order valence-corrected chi connectivity index (χ1v) is 11.7. The second kappa shape index (κ2) is 7.51. The van der Waals surface area contributed by atoms with Crippen LogP contribution >= 0.6 is 34.9 Å². The van der Waals surface area contributed by atoms with Crippen LogP contribution in [0.5, 0.6) is 0 Å². The van der Waals surface area contributed by atoms with E-state index >= 15 is 0 Å². The van der Waals surface area contributed by atoms with E-state index in [1.54, 1.807) is 12.4 Å². The number of fused-ring (bicyclic) bond motifs is 2. The van der Waals surface area contributed by atoms with Gasteiger partial charge in [-0.2, -0.15) is 8.78 Å². The number of thiophene rings is 1. The van der Waals surface area contributed by atoms with E-state index in [1.165, 1.54) is 18.2 Å². The smallest absolute Gasteiger partial charge is 0.348 e. The number of nitrogens with zero attached hydrogens (tertiary/aromatic N) is 1. The minimum atomic E-state index is -5.70. The molecule has 0 fully saturated rings. The molecule has 4 aromatic rings. The first kappa shape index (κ1) is 21.1. The fourth-order valence-electron chi connectivity index (χ4n) is 2.90. The molecule has 0 saturated carbocycles. The van der Waals surface area contributed by atoms with Gasteiger partial charge in [-0.3, -0.25) is 9.36 Å². The Morgan fingerprint density at radius 2 is 2.07 bits per heavy atom. The van der Waals surface area contributed by atoms with Gasteiger partial charge in [-0.05, 0) is 51.8 Å². The molecule has 3 heterocycles. The summed E-state index contributed by atoms with van der Waals surface area (Å²) in [7, 11) is -5.70. The molecule has 30 heavy (non-hydrogen) atoms. The first-order chi connectivity index (χ1) is 14.1. The van der Waals surface area contributed by atoms with Gasteiger partial charge in [-0.25, -0.2) is 4.98 Å². The summed E-state index contributed by atoms with van der Waals surface area (Å²) in [6, 6.07) is 8.08. The summed E-state index contributed by atoms with van der Waals surface area (Å²) in [4.78, 5) is 37.0. The number of alkyl halides is 2. The number of aromatic nitrogens is 2. The number of hydrogen-bond acceptors (Lipinski definition) is 4. The van der Waals surface area contributed by atoms with Gasteiger partial charge in [0.25, 0.3) is 5.91 Å². The Kier molecular flexibility index (Phi) is 5.27. The zero-order valence-corrected chi connectivity index (χ0v) is 18.2. The average molecular weight is 516 g/mol. The lowest BCUT2D eigenvalue weighted by atomic mass is 10.1. The molecule has 1 amide bonds. The fourth-order valence-corrected chi connectivity index (χ4v) is 5.82. The molecule has 4 rings (SSSR count). The molecular formula is C18H13BrF2N3O4PS. The van der Waals surface area contributed by atoms with E-state index in [0.29, 0.717) is 16.0 Å². The van der Waals surface area contributed by atoms with E-state index in [9.17, 15) is 18.1 Å². The third kappa shape index (κ3) is 3.67. The molecule has 156 valence electrons. The molecule has 0 bridgehead atoms. The van der Waals surface area contributed by atoms with Gasteiger partial charge in [0.05, 0.1) is 0 Å². The van der Waals surface area contributed by atoms with Crippen molar-refractivity contribution in [2.75, 3.05) is 0 Å². The molecule has 1 aromatic carbocycles. The minimum Gasteiger partial charge on any atom is -0.348 e. The Labute approximate surface area is 180 Å². The highest BCUT2D eigenvalue weighted by Crippen LogP contribution is 2.62. The van der Waals surface area contributed by atoms with Crippen molar-refractivity contribution in [1.29, 1.82) is 0 Å². The van der Waals surface area contributed by atoms with Crippen molar-refractivity contribution in [1.82, 2.24) is 15.3 Å². The Balaban J connectivity index is 1.59. The minimum absolute atomic E-state index is 0.146. The lowest BCUT2D eigenvalue weighted by Gasteiger charge is -2.16. The van der Waals surface area contributed by atoms with Gasteiger partial charge < -0.3 is 20.1 Å². The van der Waals surface area contributed by atoms with Crippen LogP contribution in [0.1, 0.15) is 20.8 Å². The number of nitrogens with one attached hydrogen (secondary N) is 2. The van der Waals surface area contributed by atoms with E-state index in [2.05, 4.69) is 31.2 Å². The predicted octanol–water partition coefficient (Wildman–Crippen LogP) is 4.70. The Morgan fingerprint density at radius 1 is 1.30 bits per heavy atom. The lowest BCUT2D eigenvalue weighted by Crippen LogP contribution is -2.22. The van der Waals surface area contributed by atoms with Crippen molar-refractivity contribution in [3.63, 3.8) is 0 Å². The topological polar surface area (TPSA) is 115 Å². The van der Waals surface area contributed by atoms with Gasteiger partial charge in [0.1, 0.15) is 10.5 Å². The lowest BCUT2D eigenvalue weighted by molar-refractivity contribution is 0.0595. The number of rotatable bonds is 5.